The van der Waals surface area contributed by atoms with E-state index in [1.54, 1.807) is 0 Å². The second kappa shape index (κ2) is 6.93. The number of halogens is 3. The maximum Gasteiger partial charge on any atom is 0.251 e. The highest BCUT2D eigenvalue weighted by Gasteiger charge is 2.11. The molecule has 0 bridgehead atoms. The number of aliphatic hydroxyl groups excluding tert-OH is 1. The molecule has 2 nitrogen and oxygen atoms in total. The fourth-order valence-electron chi connectivity index (χ4n) is 1.47. The van der Waals surface area contributed by atoms with Crippen molar-refractivity contribution in [2.45, 2.75) is 13.0 Å². The Kier molecular flexibility index (Phi) is 5.87. The van der Waals surface area contributed by atoms with E-state index >= 15 is 0 Å². The molecule has 0 unspecified atom stereocenters. The van der Waals surface area contributed by atoms with Crippen molar-refractivity contribution in [1.29, 1.82) is 0 Å². The number of rotatable bonds is 6. The molecule has 0 amide bonds. The highest BCUT2D eigenvalue weighted by Crippen LogP contribution is 2.13. The molecule has 0 radical (unpaired) electrons. The maximum absolute atomic E-state index is 12.3. The first-order valence-electron chi connectivity index (χ1n) is 4.97. The van der Waals surface area contributed by atoms with Crippen LogP contribution in [0, 0.1) is 0 Å². The fourth-order valence-corrected chi connectivity index (χ4v) is 1.91. The summed E-state index contributed by atoms with van der Waals surface area (Å²) in [5, 5.41) is 8.79. The molecule has 1 rings (SSSR count). The Bertz CT molecular complexity index is 323. The Morgan fingerprint density at radius 2 is 2.12 bits per heavy atom. The van der Waals surface area contributed by atoms with Crippen LogP contribution in [0.4, 0.5) is 8.78 Å². The van der Waals surface area contributed by atoms with E-state index in [-0.39, 0.29) is 19.7 Å². The molecule has 90 valence electrons. The third-order valence-electron chi connectivity index (χ3n) is 2.11. The first-order valence-corrected chi connectivity index (χ1v) is 5.77. The van der Waals surface area contributed by atoms with Gasteiger partial charge in [0.2, 0.25) is 0 Å². The smallest absolute Gasteiger partial charge is 0.251 e. The van der Waals surface area contributed by atoms with E-state index in [1.807, 2.05) is 24.3 Å². The Morgan fingerprint density at radius 1 is 1.38 bits per heavy atom. The first-order chi connectivity index (χ1) is 7.61. The van der Waals surface area contributed by atoms with Crippen LogP contribution in [-0.4, -0.2) is 36.1 Å². The molecule has 0 saturated heterocycles. The summed E-state index contributed by atoms with van der Waals surface area (Å²) in [5.74, 6) is 0. The molecule has 5 heteroatoms. The van der Waals surface area contributed by atoms with Gasteiger partial charge in [-0.1, -0.05) is 28.1 Å². The van der Waals surface area contributed by atoms with Crippen molar-refractivity contribution < 1.29 is 13.9 Å². The minimum atomic E-state index is -2.38. The Hall–Kier alpha value is -0.520. The molecule has 0 spiro atoms. The molecule has 0 aliphatic carbocycles. The summed E-state index contributed by atoms with van der Waals surface area (Å²) in [6.45, 7) is 0.259. The molecule has 0 aliphatic rings. The lowest BCUT2D eigenvalue weighted by atomic mass is 10.2. The van der Waals surface area contributed by atoms with Crippen molar-refractivity contribution >= 4 is 15.9 Å². The normalized spacial score (nSPS) is 11.4. The number of nitrogens with zero attached hydrogens (tertiary/aromatic N) is 1. The summed E-state index contributed by atoms with van der Waals surface area (Å²) in [7, 11) is 0. The first kappa shape index (κ1) is 13.5. The molecule has 0 saturated carbocycles. The predicted molar refractivity (Wildman–Crippen MR) is 62.5 cm³/mol. The number of benzene rings is 1. The van der Waals surface area contributed by atoms with Gasteiger partial charge in [-0.15, -0.1) is 0 Å². The van der Waals surface area contributed by atoms with Crippen LogP contribution in [0.5, 0.6) is 0 Å². The van der Waals surface area contributed by atoms with Crippen molar-refractivity contribution in [2.75, 3.05) is 19.7 Å². The van der Waals surface area contributed by atoms with Gasteiger partial charge in [0.25, 0.3) is 6.43 Å². The van der Waals surface area contributed by atoms with Crippen molar-refractivity contribution in [2.24, 2.45) is 0 Å². The van der Waals surface area contributed by atoms with Gasteiger partial charge in [0.15, 0.2) is 0 Å². The summed E-state index contributed by atoms with van der Waals surface area (Å²) in [6.07, 6.45) is -2.38. The van der Waals surface area contributed by atoms with Crippen molar-refractivity contribution in [1.82, 2.24) is 4.90 Å². The van der Waals surface area contributed by atoms with Crippen LogP contribution in [-0.2, 0) is 6.54 Å². The van der Waals surface area contributed by atoms with Gasteiger partial charge < -0.3 is 5.11 Å². The third kappa shape index (κ3) is 5.01. The molecule has 0 heterocycles. The Balaban J connectivity index is 2.60. The van der Waals surface area contributed by atoms with E-state index < -0.39 is 6.43 Å². The third-order valence-corrected chi connectivity index (χ3v) is 2.60. The monoisotopic (exact) mass is 293 g/mol. The number of hydrogen-bond acceptors (Lipinski definition) is 2. The van der Waals surface area contributed by atoms with E-state index in [0.29, 0.717) is 6.54 Å². The second-order valence-electron chi connectivity index (χ2n) is 3.48. The minimum Gasteiger partial charge on any atom is -0.395 e. The Morgan fingerprint density at radius 3 is 2.69 bits per heavy atom. The summed E-state index contributed by atoms with van der Waals surface area (Å²) < 4.78 is 25.4. The maximum atomic E-state index is 12.3. The van der Waals surface area contributed by atoms with Gasteiger partial charge in [0.05, 0.1) is 13.2 Å². The van der Waals surface area contributed by atoms with Crippen LogP contribution in [0.15, 0.2) is 28.7 Å². The van der Waals surface area contributed by atoms with Crippen LogP contribution in [0.1, 0.15) is 5.56 Å². The van der Waals surface area contributed by atoms with E-state index in [2.05, 4.69) is 15.9 Å². The quantitative estimate of drug-likeness (QED) is 0.871. The van der Waals surface area contributed by atoms with Crippen LogP contribution < -0.4 is 0 Å². The molecule has 0 aliphatic heterocycles. The van der Waals surface area contributed by atoms with Gasteiger partial charge in [0, 0.05) is 17.6 Å². The lowest BCUT2D eigenvalue weighted by Gasteiger charge is -2.20. The molecular weight excluding hydrogens is 280 g/mol. The van der Waals surface area contributed by atoms with Crippen LogP contribution in [0.2, 0.25) is 0 Å². The highest BCUT2D eigenvalue weighted by atomic mass is 79.9. The molecule has 1 aromatic rings. The van der Waals surface area contributed by atoms with Crippen molar-refractivity contribution in [3.63, 3.8) is 0 Å². The topological polar surface area (TPSA) is 23.5 Å². The standard InChI is InChI=1S/C11H14BrF2NO/c12-10-3-1-2-9(6-10)7-15(4-5-16)8-11(13)14/h1-3,6,11,16H,4-5,7-8H2. The molecule has 1 N–H and O–H groups in total. The molecule has 1 aromatic carbocycles. The molecule has 16 heavy (non-hydrogen) atoms. The summed E-state index contributed by atoms with van der Waals surface area (Å²) in [5.41, 5.74) is 0.948. The van der Waals surface area contributed by atoms with Gasteiger partial charge in [-0.25, -0.2) is 8.78 Å². The highest BCUT2D eigenvalue weighted by molar-refractivity contribution is 9.10. The zero-order chi connectivity index (χ0) is 12.0. The second-order valence-corrected chi connectivity index (χ2v) is 4.40. The molecule has 0 aromatic heterocycles. The van der Waals surface area contributed by atoms with Crippen LogP contribution >= 0.6 is 15.9 Å². The van der Waals surface area contributed by atoms with E-state index in [0.717, 1.165) is 10.0 Å². The van der Waals surface area contributed by atoms with Crippen molar-refractivity contribution in [3.8, 4) is 0 Å². The van der Waals surface area contributed by atoms with E-state index in [9.17, 15) is 8.78 Å². The largest absolute Gasteiger partial charge is 0.395 e. The van der Waals surface area contributed by atoms with Gasteiger partial charge in [-0.2, -0.15) is 0 Å². The van der Waals surface area contributed by atoms with Gasteiger partial charge in [0.1, 0.15) is 0 Å². The number of aliphatic hydroxyl groups is 1. The average molecular weight is 294 g/mol. The predicted octanol–water partition coefficient (Wildman–Crippen LogP) is 2.51. The van der Waals surface area contributed by atoms with Crippen molar-refractivity contribution in [3.05, 3.63) is 34.3 Å². The SMILES string of the molecule is OCCN(Cc1cccc(Br)c1)CC(F)F. The zero-order valence-corrected chi connectivity index (χ0v) is 10.3. The van der Waals surface area contributed by atoms with Crippen LogP contribution in [0.25, 0.3) is 0 Å². The van der Waals surface area contributed by atoms with E-state index in [1.165, 1.54) is 4.90 Å². The van der Waals surface area contributed by atoms with Gasteiger partial charge >= 0.3 is 0 Å². The molecular formula is C11H14BrF2NO. The summed E-state index contributed by atoms with van der Waals surface area (Å²) in [4.78, 5) is 1.53. The lowest BCUT2D eigenvalue weighted by Crippen LogP contribution is -2.31. The minimum absolute atomic E-state index is 0.110. The van der Waals surface area contributed by atoms with E-state index in [4.69, 9.17) is 5.11 Å². The number of alkyl halides is 2. The zero-order valence-electron chi connectivity index (χ0n) is 8.74. The lowest BCUT2D eigenvalue weighted by molar-refractivity contribution is 0.0746. The fraction of sp³-hybridized carbons (Fsp3) is 0.455. The Labute approximate surface area is 102 Å². The van der Waals surface area contributed by atoms with Gasteiger partial charge in [-0.05, 0) is 17.7 Å². The van der Waals surface area contributed by atoms with Crippen LogP contribution in [0.3, 0.4) is 0 Å². The number of hydrogen-bond donors (Lipinski definition) is 1. The van der Waals surface area contributed by atoms with Gasteiger partial charge in [-0.3, -0.25) is 4.90 Å². The summed E-state index contributed by atoms with van der Waals surface area (Å²) in [6, 6.07) is 7.50. The summed E-state index contributed by atoms with van der Waals surface area (Å²) >= 11 is 3.33. The average Bonchev–Trinajstić information content (AvgIpc) is 2.16. The molecule has 0 fully saturated rings. The molecule has 0 atom stereocenters.